The fraction of sp³-hybridized carbons (Fsp3) is 0.562. The van der Waals surface area contributed by atoms with Gasteiger partial charge in [0.15, 0.2) is 21.3 Å². The Morgan fingerprint density at radius 1 is 1.29 bits per heavy atom. The molecule has 1 atom stereocenters. The van der Waals surface area contributed by atoms with Crippen LogP contribution in [0.1, 0.15) is 18.9 Å². The zero-order chi connectivity index (χ0) is 17.9. The molecule has 1 saturated heterocycles. The molecule has 1 aromatic carbocycles. The Balaban J connectivity index is 2.19. The molecule has 0 spiro atoms. The van der Waals surface area contributed by atoms with E-state index in [2.05, 4.69) is 15.9 Å². The van der Waals surface area contributed by atoms with Crippen LogP contribution in [0.15, 0.2) is 16.6 Å². The fourth-order valence-corrected chi connectivity index (χ4v) is 5.15. The van der Waals surface area contributed by atoms with Gasteiger partial charge in [0, 0.05) is 17.1 Å². The van der Waals surface area contributed by atoms with Crippen molar-refractivity contribution in [2.75, 3.05) is 32.3 Å². The van der Waals surface area contributed by atoms with Crippen LogP contribution in [0.25, 0.3) is 0 Å². The maximum atomic E-state index is 12.7. The van der Waals surface area contributed by atoms with Gasteiger partial charge in [-0.3, -0.25) is 4.79 Å². The Hall–Kier alpha value is -1.28. The van der Waals surface area contributed by atoms with Crippen LogP contribution < -0.4 is 9.47 Å². The first-order valence-corrected chi connectivity index (χ1v) is 10.3. The molecular formula is C16H22BrNO5S. The van der Waals surface area contributed by atoms with Gasteiger partial charge in [0.05, 0.1) is 32.1 Å². The van der Waals surface area contributed by atoms with Gasteiger partial charge >= 0.3 is 0 Å². The molecule has 2 rings (SSSR count). The third kappa shape index (κ3) is 4.22. The number of carbonyl (C=O) groups is 1. The van der Waals surface area contributed by atoms with Gasteiger partial charge < -0.3 is 14.4 Å². The Kier molecular flexibility index (Phi) is 6.14. The first-order chi connectivity index (χ1) is 11.3. The van der Waals surface area contributed by atoms with Crippen molar-refractivity contribution in [3.05, 3.63) is 22.2 Å². The zero-order valence-electron chi connectivity index (χ0n) is 14.0. The summed E-state index contributed by atoms with van der Waals surface area (Å²) in [4.78, 5) is 14.3. The van der Waals surface area contributed by atoms with Crippen molar-refractivity contribution >= 4 is 31.7 Å². The number of rotatable bonds is 6. The topological polar surface area (TPSA) is 72.9 Å². The predicted octanol–water partition coefficient (Wildman–Crippen LogP) is 2.04. The van der Waals surface area contributed by atoms with Crippen LogP contribution in [-0.4, -0.2) is 57.5 Å². The molecule has 6 nitrogen and oxygen atoms in total. The average molecular weight is 420 g/mol. The molecule has 0 saturated carbocycles. The second-order valence-electron chi connectivity index (χ2n) is 5.71. The van der Waals surface area contributed by atoms with Gasteiger partial charge in [0.25, 0.3) is 0 Å². The van der Waals surface area contributed by atoms with Crippen LogP contribution in [-0.2, 0) is 21.1 Å². The molecule has 134 valence electrons. The van der Waals surface area contributed by atoms with E-state index in [0.717, 1.165) is 10.0 Å². The second-order valence-corrected chi connectivity index (χ2v) is 8.80. The Labute approximate surface area is 151 Å². The summed E-state index contributed by atoms with van der Waals surface area (Å²) in [6.45, 7) is 2.36. The van der Waals surface area contributed by atoms with E-state index in [-0.39, 0.29) is 29.9 Å². The molecule has 1 aliphatic rings. The number of amides is 1. The van der Waals surface area contributed by atoms with Crippen molar-refractivity contribution in [3.63, 3.8) is 0 Å². The van der Waals surface area contributed by atoms with Crippen molar-refractivity contribution in [2.24, 2.45) is 0 Å². The summed E-state index contributed by atoms with van der Waals surface area (Å²) in [6.07, 6.45) is 0.681. The number of hydrogen-bond acceptors (Lipinski definition) is 5. The first-order valence-electron chi connectivity index (χ1n) is 7.71. The Bertz CT molecular complexity index is 719. The summed E-state index contributed by atoms with van der Waals surface area (Å²) in [5.41, 5.74) is 0.775. The van der Waals surface area contributed by atoms with E-state index in [4.69, 9.17) is 9.47 Å². The lowest BCUT2D eigenvalue weighted by Gasteiger charge is -2.27. The number of halogens is 1. The minimum atomic E-state index is -3.02. The number of hydrogen-bond donors (Lipinski definition) is 0. The number of likely N-dealkylation sites (N-methyl/N-ethyl adjacent to an activating group) is 1. The second kappa shape index (κ2) is 7.74. The van der Waals surface area contributed by atoms with E-state index < -0.39 is 9.84 Å². The SMILES string of the molecule is CCN(C(=O)Cc1cc(OC)c(OC)cc1Br)[C@H]1CCS(=O)(=O)C1. The number of nitrogens with zero attached hydrogens (tertiary/aromatic N) is 1. The number of benzene rings is 1. The van der Waals surface area contributed by atoms with Crippen LogP contribution in [0.2, 0.25) is 0 Å². The smallest absolute Gasteiger partial charge is 0.227 e. The highest BCUT2D eigenvalue weighted by Gasteiger charge is 2.34. The number of methoxy groups -OCH3 is 2. The lowest BCUT2D eigenvalue weighted by Crippen LogP contribution is -2.41. The monoisotopic (exact) mass is 419 g/mol. The molecule has 1 aromatic rings. The summed E-state index contributed by atoms with van der Waals surface area (Å²) in [6, 6.07) is 3.30. The lowest BCUT2D eigenvalue weighted by atomic mass is 10.1. The molecule has 0 radical (unpaired) electrons. The van der Waals surface area contributed by atoms with Gasteiger partial charge in [0.1, 0.15) is 0 Å². The molecule has 24 heavy (non-hydrogen) atoms. The summed E-state index contributed by atoms with van der Waals surface area (Å²) >= 11 is 3.45. The van der Waals surface area contributed by atoms with Crippen LogP contribution in [0, 0.1) is 0 Å². The summed E-state index contributed by atoms with van der Waals surface area (Å²) < 4.78 is 34.6. The third-order valence-corrected chi connectivity index (χ3v) is 6.69. The normalized spacial score (nSPS) is 19.1. The maximum absolute atomic E-state index is 12.7. The highest BCUT2D eigenvalue weighted by atomic mass is 79.9. The molecule has 1 aliphatic heterocycles. The molecule has 1 fully saturated rings. The van der Waals surface area contributed by atoms with Crippen LogP contribution in [0.3, 0.4) is 0 Å². The van der Waals surface area contributed by atoms with Crippen molar-refractivity contribution < 1.29 is 22.7 Å². The highest BCUT2D eigenvalue weighted by molar-refractivity contribution is 9.10. The third-order valence-electron chi connectivity index (χ3n) is 4.20. The number of carbonyl (C=O) groups excluding carboxylic acids is 1. The van der Waals surface area contributed by atoms with Crippen LogP contribution >= 0.6 is 15.9 Å². The minimum absolute atomic E-state index is 0.0552. The molecule has 0 N–H and O–H groups in total. The van der Waals surface area contributed by atoms with E-state index in [1.54, 1.807) is 31.3 Å². The van der Waals surface area contributed by atoms with E-state index in [1.165, 1.54) is 0 Å². The molecule has 0 aliphatic carbocycles. The van der Waals surface area contributed by atoms with Gasteiger partial charge in [-0.05, 0) is 31.0 Å². The Morgan fingerprint density at radius 3 is 2.42 bits per heavy atom. The standard InChI is InChI=1S/C16H22BrNO5S/c1-4-18(12-5-6-24(20,21)10-12)16(19)8-11-7-14(22-2)15(23-3)9-13(11)17/h7,9,12H,4-6,8,10H2,1-3H3/t12-/m0/s1. The highest BCUT2D eigenvalue weighted by Crippen LogP contribution is 2.34. The zero-order valence-corrected chi connectivity index (χ0v) is 16.4. The Morgan fingerprint density at radius 2 is 1.92 bits per heavy atom. The van der Waals surface area contributed by atoms with Crippen molar-refractivity contribution in [1.82, 2.24) is 4.90 Å². The van der Waals surface area contributed by atoms with E-state index in [9.17, 15) is 13.2 Å². The average Bonchev–Trinajstić information content (AvgIpc) is 2.89. The minimum Gasteiger partial charge on any atom is -0.493 e. The first kappa shape index (κ1) is 19.1. The van der Waals surface area contributed by atoms with Gasteiger partial charge in [0.2, 0.25) is 5.91 Å². The van der Waals surface area contributed by atoms with Gasteiger partial charge in [-0.25, -0.2) is 8.42 Å². The van der Waals surface area contributed by atoms with Crippen LogP contribution in [0.4, 0.5) is 0 Å². The molecular weight excluding hydrogens is 398 g/mol. The summed E-state index contributed by atoms with van der Waals surface area (Å²) in [5.74, 6) is 1.25. The van der Waals surface area contributed by atoms with Gasteiger partial charge in [-0.1, -0.05) is 15.9 Å². The van der Waals surface area contributed by atoms with Crippen molar-refractivity contribution in [3.8, 4) is 11.5 Å². The fourth-order valence-electron chi connectivity index (χ4n) is 2.96. The number of ether oxygens (including phenoxy) is 2. The molecule has 0 unspecified atom stereocenters. The lowest BCUT2D eigenvalue weighted by molar-refractivity contribution is -0.132. The predicted molar refractivity (Wildman–Crippen MR) is 95.4 cm³/mol. The van der Waals surface area contributed by atoms with Gasteiger partial charge in [-0.2, -0.15) is 0 Å². The quantitative estimate of drug-likeness (QED) is 0.705. The number of sulfone groups is 1. The van der Waals surface area contributed by atoms with E-state index in [0.29, 0.717) is 24.5 Å². The maximum Gasteiger partial charge on any atom is 0.227 e. The molecule has 8 heteroatoms. The van der Waals surface area contributed by atoms with Crippen molar-refractivity contribution in [2.45, 2.75) is 25.8 Å². The molecule has 0 bridgehead atoms. The van der Waals surface area contributed by atoms with Crippen molar-refractivity contribution in [1.29, 1.82) is 0 Å². The van der Waals surface area contributed by atoms with E-state index >= 15 is 0 Å². The molecule has 1 amide bonds. The molecule has 0 aromatic heterocycles. The van der Waals surface area contributed by atoms with Gasteiger partial charge in [-0.15, -0.1) is 0 Å². The summed E-state index contributed by atoms with van der Waals surface area (Å²) in [7, 11) is 0.0664. The largest absolute Gasteiger partial charge is 0.493 e. The summed E-state index contributed by atoms with van der Waals surface area (Å²) in [5, 5.41) is 0. The molecule has 1 heterocycles. The van der Waals surface area contributed by atoms with Crippen LogP contribution in [0.5, 0.6) is 11.5 Å². The van der Waals surface area contributed by atoms with E-state index in [1.807, 2.05) is 6.92 Å².